The van der Waals surface area contributed by atoms with E-state index in [9.17, 15) is 13.2 Å². The Kier molecular flexibility index (Phi) is 4.16. The minimum absolute atomic E-state index is 0.443. The van der Waals surface area contributed by atoms with Crippen LogP contribution >= 0.6 is 15.9 Å². The molecule has 15 heavy (non-hydrogen) atoms. The number of alkyl halides is 3. The van der Waals surface area contributed by atoms with E-state index in [0.29, 0.717) is 16.6 Å². The summed E-state index contributed by atoms with van der Waals surface area (Å²) in [5.41, 5.74) is 0.00308. The van der Waals surface area contributed by atoms with Crippen LogP contribution in [0.3, 0.4) is 0 Å². The van der Waals surface area contributed by atoms with E-state index >= 15 is 0 Å². The van der Waals surface area contributed by atoms with Gasteiger partial charge in [-0.15, -0.1) is 0 Å². The third kappa shape index (κ3) is 3.83. The van der Waals surface area contributed by atoms with Crippen LogP contribution in [0.4, 0.5) is 13.2 Å². The molecule has 1 nitrogen and oxygen atoms in total. The van der Waals surface area contributed by atoms with Crippen LogP contribution in [0, 0.1) is 0 Å². The molecule has 0 heterocycles. The highest BCUT2D eigenvalue weighted by molar-refractivity contribution is 9.10. The summed E-state index contributed by atoms with van der Waals surface area (Å²) < 4.78 is 37.7. The molecule has 0 amide bonds. The quantitative estimate of drug-likeness (QED) is 0.893. The zero-order valence-corrected chi connectivity index (χ0v) is 9.74. The molecule has 0 bridgehead atoms. The van der Waals surface area contributed by atoms with E-state index in [1.165, 1.54) is 0 Å². The molecule has 84 valence electrons. The van der Waals surface area contributed by atoms with Crippen molar-refractivity contribution < 1.29 is 13.2 Å². The Morgan fingerprint density at radius 3 is 2.47 bits per heavy atom. The Hall–Kier alpha value is -0.550. The molecule has 1 aromatic carbocycles. The summed E-state index contributed by atoms with van der Waals surface area (Å²) in [5.74, 6) is 0. The molecule has 0 spiro atoms. The van der Waals surface area contributed by atoms with Crippen molar-refractivity contribution in [3.8, 4) is 0 Å². The van der Waals surface area contributed by atoms with E-state index in [4.69, 9.17) is 0 Å². The van der Waals surface area contributed by atoms with Gasteiger partial charge in [-0.05, 0) is 30.3 Å². The highest BCUT2D eigenvalue weighted by Crippen LogP contribution is 2.31. The molecule has 0 unspecified atom stereocenters. The van der Waals surface area contributed by atoms with Gasteiger partial charge < -0.3 is 5.32 Å². The maximum atomic E-state index is 12.4. The van der Waals surface area contributed by atoms with Gasteiger partial charge in [0.1, 0.15) is 0 Å². The van der Waals surface area contributed by atoms with Crippen LogP contribution in [-0.4, -0.2) is 6.54 Å². The minimum Gasteiger partial charge on any atom is -0.313 e. The fourth-order valence-corrected chi connectivity index (χ4v) is 1.73. The number of rotatable bonds is 3. The first-order valence-electron chi connectivity index (χ1n) is 4.51. The van der Waals surface area contributed by atoms with E-state index in [1.54, 1.807) is 6.07 Å². The highest BCUT2D eigenvalue weighted by atomic mass is 79.9. The van der Waals surface area contributed by atoms with E-state index < -0.39 is 11.7 Å². The molecule has 0 aliphatic rings. The zero-order valence-electron chi connectivity index (χ0n) is 8.16. The summed E-state index contributed by atoms with van der Waals surface area (Å²) in [4.78, 5) is 0. The number of nitrogens with one attached hydrogen (secondary N) is 1. The molecule has 1 aromatic rings. The van der Waals surface area contributed by atoms with Gasteiger partial charge in [0.15, 0.2) is 0 Å². The Labute approximate surface area is 94.8 Å². The molecular formula is C10H11BrF3N. The van der Waals surface area contributed by atoms with Crippen LogP contribution in [0.1, 0.15) is 18.1 Å². The summed E-state index contributed by atoms with van der Waals surface area (Å²) in [6.07, 6.45) is -4.29. The van der Waals surface area contributed by atoms with Crippen molar-refractivity contribution in [1.82, 2.24) is 5.32 Å². The van der Waals surface area contributed by atoms with Crippen molar-refractivity contribution in [3.63, 3.8) is 0 Å². The van der Waals surface area contributed by atoms with Crippen LogP contribution in [0.15, 0.2) is 22.7 Å². The van der Waals surface area contributed by atoms with Crippen LogP contribution in [0.2, 0.25) is 0 Å². The zero-order chi connectivity index (χ0) is 11.5. The summed E-state index contributed by atoms with van der Waals surface area (Å²) in [6, 6.07) is 3.92. The first kappa shape index (κ1) is 12.5. The maximum Gasteiger partial charge on any atom is 0.416 e. The van der Waals surface area contributed by atoms with Gasteiger partial charge in [-0.2, -0.15) is 13.2 Å². The third-order valence-electron chi connectivity index (χ3n) is 1.86. The van der Waals surface area contributed by atoms with Gasteiger partial charge in [-0.1, -0.05) is 22.9 Å². The highest BCUT2D eigenvalue weighted by Gasteiger charge is 2.30. The molecular weight excluding hydrogens is 271 g/mol. The van der Waals surface area contributed by atoms with Crippen LogP contribution < -0.4 is 5.32 Å². The van der Waals surface area contributed by atoms with Crippen molar-refractivity contribution in [1.29, 1.82) is 0 Å². The molecule has 0 aromatic heterocycles. The van der Waals surface area contributed by atoms with Gasteiger partial charge in [-0.3, -0.25) is 0 Å². The first-order valence-corrected chi connectivity index (χ1v) is 5.30. The van der Waals surface area contributed by atoms with Crippen molar-refractivity contribution in [2.45, 2.75) is 19.6 Å². The van der Waals surface area contributed by atoms with E-state index in [0.717, 1.165) is 18.7 Å². The largest absolute Gasteiger partial charge is 0.416 e. The van der Waals surface area contributed by atoms with Gasteiger partial charge in [0, 0.05) is 11.0 Å². The molecule has 0 saturated carbocycles. The first-order chi connectivity index (χ1) is 6.93. The topological polar surface area (TPSA) is 12.0 Å². The van der Waals surface area contributed by atoms with Gasteiger partial charge in [0.2, 0.25) is 0 Å². The number of halogens is 4. The second-order valence-electron chi connectivity index (χ2n) is 3.13. The Bertz CT molecular complexity index is 336. The summed E-state index contributed by atoms with van der Waals surface area (Å²) >= 11 is 3.07. The van der Waals surface area contributed by atoms with Gasteiger partial charge in [-0.25, -0.2) is 0 Å². The fourth-order valence-electron chi connectivity index (χ4n) is 1.19. The van der Waals surface area contributed by atoms with Crippen LogP contribution in [0.5, 0.6) is 0 Å². The molecule has 0 radical (unpaired) electrons. The Morgan fingerprint density at radius 1 is 1.27 bits per heavy atom. The number of hydrogen-bond donors (Lipinski definition) is 1. The Morgan fingerprint density at radius 2 is 1.93 bits per heavy atom. The molecule has 5 heteroatoms. The van der Waals surface area contributed by atoms with Gasteiger partial charge in [0.05, 0.1) is 5.56 Å². The van der Waals surface area contributed by atoms with Crippen LogP contribution in [-0.2, 0) is 12.7 Å². The van der Waals surface area contributed by atoms with E-state index in [1.807, 2.05) is 6.92 Å². The number of benzene rings is 1. The summed E-state index contributed by atoms with van der Waals surface area (Å²) in [7, 11) is 0. The predicted molar refractivity (Wildman–Crippen MR) is 56.5 cm³/mol. The fraction of sp³-hybridized carbons (Fsp3) is 0.400. The monoisotopic (exact) mass is 281 g/mol. The average molecular weight is 282 g/mol. The lowest BCUT2D eigenvalue weighted by Crippen LogP contribution is -2.13. The van der Waals surface area contributed by atoms with Crippen molar-refractivity contribution in [2.75, 3.05) is 6.54 Å². The molecule has 0 fully saturated rings. The van der Waals surface area contributed by atoms with Crippen molar-refractivity contribution >= 4 is 15.9 Å². The molecule has 1 rings (SSSR count). The molecule has 0 atom stereocenters. The molecule has 1 N–H and O–H groups in total. The van der Waals surface area contributed by atoms with Crippen molar-refractivity contribution in [2.24, 2.45) is 0 Å². The van der Waals surface area contributed by atoms with E-state index in [-0.39, 0.29) is 0 Å². The third-order valence-corrected chi connectivity index (χ3v) is 2.32. The second kappa shape index (κ2) is 4.99. The van der Waals surface area contributed by atoms with E-state index in [2.05, 4.69) is 21.2 Å². The number of hydrogen-bond acceptors (Lipinski definition) is 1. The smallest absolute Gasteiger partial charge is 0.313 e. The SMILES string of the molecule is CCNCc1cc(Br)cc(C(F)(F)F)c1. The summed E-state index contributed by atoms with van der Waals surface area (Å²) in [5, 5.41) is 2.98. The minimum atomic E-state index is -4.29. The average Bonchev–Trinajstić information content (AvgIpc) is 2.12. The molecule has 0 aliphatic carbocycles. The van der Waals surface area contributed by atoms with Gasteiger partial charge >= 0.3 is 6.18 Å². The Balaban J connectivity index is 2.95. The molecule has 0 saturated heterocycles. The maximum absolute atomic E-state index is 12.4. The predicted octanol–water partition coefficient (Wildman–Crippen LogP) is 3.58. The lowest BCUT2D eigenvalue weighted by atomic mass is 10.1. The summed E-state index contributed by atoms with van der Waals surface area (Å²) in [6.45, 7) is 3.08. The lowest BCUT2D eigenvalue weighted by molar-refractivity contribution is -0.137. The van der Waals surface area contributed by atoms with Gasteiger partial charge in [0.25, 0.3) is 0 Å². The van der Waals surface area contributed by atoms with Crippen LogP contribution in [0.25, 0.3) is 0 Å². The van der Waals surface area contributed by atoms with Crippen molar-refractivity contribution in [3.05, 3.63) is 33.8 Å². The second-order valence-corrected chi connectivity index (χ2v) is 4.04. The molecule has 0 aliphatic heterocycles. The lowest BCUT2D eigenvalue weighted by Gasteiger charge is -2.10. The standard InChI is InChI=1S/C10H11BrF3N/c1-2-15-6-7-3-8(10(12,13)14)5-9(11)4-7/h3-5,15H,2,6H2,1H3. The normalized spacial score (nSPS) is 11.8.